The van der Waals surface area contributed by atoms with Crippen molar-refractivity contribution in [2.75, 3.05) is 19.8 Å². The first-order chi connectivity index (χ1) is 14.4. The SMILES string of the molecule is C=CCOC(=O)C1=C(C(N)C(=O)OCC=C)S[C@@H]2[C@@H](CO[Si](C)(C)C(C)(C)C)C(=O)N12. The van der Waals surface area contributed by atoms with Gasteiger partial charge in [-0.15, -0.1) is 0 Å². The molecule has 8 nitrogen and oxygen atoms in total. The summed E-state index contributed by atoms with van der Waals surface area (Å²) in [5, 5.41) is -0.375. The average molecular weight is 469 g/mol. The van der Waals surface area contributed by atoms with Gasteiger partial charge in [0.05, 0.1) is 5.92 Å². The Morgan fingerprint density at radius 2 is 1.81 bits per heavy atom. The van der Waals surface area contributed by atoms with Crippen molar-refractivity contribution < 1.29 is 28.3 Å². The second-order valence-electron chi connectivity index (χ2n) is 8.89. The fraction of sp³-hybridized carbons (Fsp3) is 0.571. The van der Waals surface area contributed by atoms with E-state index in [4.69, 9.17) is 19.6 Å². The van der Waals surface area contributed by atoms with Crippen molar-refractivity contribution in [1.29, 1.82) is 0 Å². The Hall–Kier alpha value is -1.88. The molecule has 0 aromatic rings. The third-order valence-corrected chi connectivity index (χ3v) is 11.7. The maximum Gasteiger partial charge on any atom is 0.356 e. The topological polar surface area (TPSA) is 108 Å². The molecule has 0 aromatic heterocycles. The summed E-state index contributed by atoms with van der Waals surface area (Å²) in [6, 6.07) is -1.21. The highest BCUT2D eigenvalue weighted by atomic mass is 32.2. The van der Waals surface area contributed by atoms with Gasteiger partial charge in [-0.05, 0) is 18.1 Å². The van der Waals surface area contributed by atoms with Crippen LogP contribution < -0.4 is 5.73 Å². The van der Waals surface area contributed by atoms with Gasteiger partial charge in [0, 0.05) is 11.5 Å². The zero-order valence-electron chi connectivity index (χ0n) is 18.8. The van der Waals surface area contributed by atoms with E-state index in [2.05, 4.69) is 47.0 Å². The molecule has 10 heteroatoms. The lowest BCUT2D eigenvalue weighted by atomic mass is 9.98. The Morgan fingerprint density at radius 3 is 2.35 bits per heavy atom. The maximum atomic E-state index is 12.9. The van der Waals surface area contributed by atoms with E-state index in [-0.39, 0.29) is 46.7 Å². The molecule has 2 aliphatic heterocycles. The van der Waals surface area contributed by atoms with Crippen LogP contribution in [0, 0.1) is 5.92 Å². The Balaban J connectivity index is 2.23. The number of esters is 2. The molecule has 0 aliphatic carbocycles. The fourth-order valence-corrected chi connectivity index (χ4v) is 5.33. The molecule has 2 aliphatic rings. The van der Waals surface area contributed by atoms with Gasteiger partial charge in [-0.2, -0.15) is 0 Å². The summed E-state index contributed by atoms with van der Waals surface area (Å²) >= 11 is 1.21. The van der Waals surface area contributed by atoms with Crippen molar-refractivity contribution in [2.24, 2.45) is 11.7 Å². The highest BCUT2D eigenvalue weighted by Crippen LogP contribution is 2.51. The molecule has 2 heterocycles. The minimum absolute atomic E-state index is 0.00261. The minimum Gasteiger partial charge on any atom is -0.460 e. The monoisotopic (exact) mass is 468 g/mol. The summed E-state index contributed by atoms with van der Waals surface area (Å²) in [7, 11) is -2.06. The third kappa shape index (κ3) is 5.13. The Bertz CT molecular complexity index is 804. The van der Waals surface area contributed by atoms with Gasteiger partial charge >= 0.3 is 11.9 Å². The quantitative estimate of drug-likeness (QED) is 0.226. The summed E-state index contributed by atoms with van der Waals surface area (Å²) in [5.41, 5.74) is 6.08. The molecule has 3 atom stereocenters. The summed E-state index contributed by atoms with van der Waals surface area (Å²) in [4.78, 5) is 39.5. The molecule has 2 N–H and O–H groups in total. The molecule has 1 saturated heterocycles. The van der Waals surface area contributed by atoms with Crippen molar-refractivity contribution in [1.82, 2.24) is 4.90 Å². The Kier molecular flexibility index (Phi) is 7.96. The number of rotatable bonds is 10. The number of hydrogen-bond donors (Lipinski definition) is 1. The predicted octanol–water partition coefficient (Wildman–Crippen LogP) is 2.54. The summed E-state index contributed by atoms with van der Waals surface area (Å²) in [6.07, 6.45) is 2.84. The highest BCUT2D eigenvalue weighted by molar-refractivity contribution is 8.04. The second kappa shape index (κ2) is 9.72. The number of nitrogens with two attached hydrogens (primary N) is 1. The van der Waals surface area contributed by atoms with Gasteiger partial charge in [0.25, 0.3) is 0 Å². The predicted molar refractivity (Wildman–Crippen MR) is 122 cm³/mol. The van der Waals surface area contributed by atoms with Crippen LogP contribution in [0.15, 0.2) is 35.9 Å². The number of amides is 1. The maximum absolute atomic E-state index is 12.9. The lowest BCUT2D eigenvalue weighted by Crippen LogP contribution is -2.60. The third-order valence-electron chi connectivity index (χ3n) is 5.71. The first-order valence-corrected chi connectivity index (χ1v) is 13.8. The molecule has 0 spiro atoms. The Morgan fingerprint density at radius 1 is 1.23 bits per heavy atom. The smallest absolute Gasteiger partial charge is 0.356 e. The van der Waals surface area contributed by atoms with E-state index in [1.807, 2.05) is 0 Å². The van der Waals surface area contributed by atoms with Gasteiger partial charge in [0.1, 0.15) is 30.3 Å². The minimum atomic E-state index is -2.06. The van der Waals surface area contributed by atoms with Crippen LogP contribution in [0.3, 0.4) is 0 Å². The standard InChI is InChI=1S/C21H32N2O6SSi/c1-8-10-27-19(25)14(22)16-15(20(26)28-11-9-2)23-17(24)13(18(23)30-16)12-29-31(6,7)21(3,4)5/h8-9,13-14,18H,1-2,10-12,22H2,3-7H3/t13-,14?,18+/m0/s1. The normalized spacial score (nSPS) is 21.9. The number of carbonyl (C=O) groups is 3. The van der Waals surface area contributed by atoms with Crippen molar-refractivity contribution >= 4 is 37.9 Å². The van der Waals surface area contributed by atoms with E-state index in [1.54, 1.807) is 0 Å². The molecule has 31 heavy (non-hydrogen) atoms. The van der Waals surface area contributed by atoms with Gasteiger partial charge in [-0.3, -0.25) is 9.69 Å². The molecule has 0 aromatic carbocycles. The van der Waals surface area contributed by atoms with E-state index >= 15 is 0 Å². The van der Waals surface area contributed by atoms with Crippen LogP contribution in [0.2, 0.25) is 18.1 Å². The largest absolute Gasteiger partial charge is 0.460 e. The van der Waals surface area contributed by atoms with Crippen LogP contribution in [-0.2, 0) is 28.3 Å². The summed E-state index contributed by atoms with van der Waals surface area (Å²) in [6.45, 7) is 17.8. The van der Waals surface area contributed by atoms with Crippen molar-refractivity contribution in [2.45, 2.75) is 50.3 Å². The molecule has 1 amide bonds. The molecule has 1 fully saturated rings. The molecular formula is C21H32N2O6SSi. The first kappa shape index (κ1) is 25.4. The average Bonchev–Trinajstić information content (AvgIpc) is 3.04. The molecule has 0 bridgehead atoms. The summed E-state index contributed by atoms with van der Waals surface area (Å²) in [5.74, 6) is -2.12. The fourth-order valence-electron chi connectivity index (χ4n) is 2.83. The summed E-state index contributed by atoms with van der Waals surface area (Å²) < 4.78 is 16.4. The van der Waals surface area contributed by atoms with Gasteiger partial charge < -0.3 is 19.6 Å². The molecular weight excluding hydrogens is 436 g/mol. The second-order valence-corrected chi connectivity index (χ2v) is 14.9. The van der Waals surface area contributed by atoms with Crippen LogP contribution in [-0.4, -0.2) is 62.3 Å². The lowest BCUT2D eigenvalue weighted by molar-refractivity contribution is -0.154. The zero-order valence-corrected chi connectivity index (χ0v) is 20.6. The van der Waals surface area contributed by atoms with Crippen LogP contribution in [0.1, 0.15) is 20.8 Å². The van der Waals surface area contributed by atoms with Gasteiger partial charge in [-0.25, -0.2) is 9.59 Å². The molecule has 0 saturated carbocycles. The van der Waals surface area contributed by atoms with E-state index < -0.39 is 32.2 Å². The number of ether oxygens (including phenoxy) is 2. The molecule has 2 rings (SSSR count). The van der Waals surface area contributed by atoms with E-state index in [9.17, 15) is 14.4 Å². The number of thioether (sulfide) groups is 1. The number of β-lactam (4-membered cyclic amide) rings is 1. The number of hydrogen-bond acceptors (Lipinski definition) is 8. The van der Waals surface area contributed by atoms with E-state index in [0.717, 1.165) is 0 Å². The van der Waals surface area contributed by atoms with E-state index in [1.165, 1.54) is 28.8 Å². The van der Waals surface area contributed by atoms with Crippen LogP contribution in [0.4, 0.5) is 0 Å². The van der Waals surface area contributed by atoms with Crippen LogP contribution in [0.5, 0.6) is 0 Å². The van der Waals surface area contributed by atoms with Gasteiger partial charge in [0.15, 0.2) is 8.32 Å². The van der Waals surface area contributed by atoms with E-state index in [0.29, 0.717) is 0 Å². The lowest BCUT2D eigenvalue weighted by Gasteiger charge is -2.44. The van der Waals surface area contributed by atoms with Crippen molar-refractivity contribution in [3.63, 3.8) is 0 Å². The highest BCUT2D eigenvalue weighted by Gasteiger charge is 2.58. The number of carbonyl (C=O) groups excluding carboxylic acids is 3. The van der Waals surface area contributed by atoms with Gasteiger partial charge in [0.2, 0.25) is 5.91 Å². The van der Waals surface area contributed by atoms with Crippen molar-refractivity contribution in [3.8, 4) is 0 Å². The molecule has 1 unspecified atom stereocenters. The molecule has 172 valence electrons. The zero-order chi connectivity index (χ0) is 23.6. The van der Waals surface area contributed by atoms with Crippen molar-refractivity contribution in [3.05, 3.63) is 35.9 Å². The van der Waals surface area contributed by atoms with Crippen LogP contribution >= 0.6 is 11.8 Å². The molecule has 0 radical (unpaired) electrons. The first-order valence-electron chi connectivity index (χ1n) is 10.1. The van der Waals surface area contributed by atoms with Crippen LogP contribution in [0.25, 0.3) is 0 Å². The van der Waals surface area contributed by atoms with Gasteiger partial charge in [-0.1, -0.05) is 57.8 Å². The number of nitrogens with zero attached hydrogens (tertiary/aromatic N) is 1. The number of fused-ring (bicyclic) bond motifs is 1. The Labute approximate surface area is 189 Å².